The maximum Gasteiger partial charge on any atom is 0.379 e. The molecule has 0 amide bonds. The van der Waals surface area contributed by atoms with E-state index in [4.69, 9.17) is 9.47 Å². The molecule has 0 spiro atoms. The number of esters is 1. The molecular weight excluding hydrogens is 440 g/mol. The average Bonchev–Trinajstić information content (AvgIpc) is 2.72. The molecule has 1 N–H and O–H groups in total. The van der Waals surface area contributed by atoms with Crippen molar-refractivity contribution in [2.24, 2.45) is 0 Å². The minimum atomic E-state index is -2.38. The van der Waals surface area contributed by atoms with Gasteiger partial charge >= 0.3 is 11.8 Å². The SMILES string of the molecule is CCOC(=O)[C@]1(O)C[C@H](c2ccccc2Br)C2=C(O1)C(=O)c1ccccc1C2=O. The Morgan fingerprint density at radius 3 is 2.41 bits per heavy atom. The molecule has 0 radical (unpaired) electrons. The molecule has 0 saturated carbocycles. The Labute approximate surface area is 175 Å². The second-order valence-corrected chi connectivity index (χ2v) is 7.69. The zero-order valence-electron chi connectivity index (χ0n) is 15.5. The molecule has 1 heterocycles. The van der Waals surface area contributed by atoms with Gasteiger partial charge in [-0.15, -0.1) is 0 Å². The third kappa shape index (κ3) is 3.10. The van der Waals surface area contributed by atoms with Gasteiger partial charge in [-0.2, -0.15) is 0 Å². The van der Waals surface area contributed by atoms with Crippen LogP contribution in [0.15, 0.2) is 64.3 Å². The van der Waals surface area contributed by atoms with Crippen molar-refractivity contribution in [3.63, 3.8) is 0 Å². The van der Waals surface area contributed by atoms with Crippen LogP contribution in [0.3, 0.4) is 0 Å². The fourth-order valence-electron chi connectivity index (χ4n) is 3.77. The normalized spacial score (nSPS) is 23.2. The van der Waals surface area contributed by atoms with Crippen LogP contribution in [0.5, 0.6) is 0 Å². The summed E-state index contributed by atoms with van der Waals surface area (Å²) in [5.41, 5.74) is 1.25. The van der Waals surface area contributed by atoms with Crippen molar-refractivity contribution in [2.45, 2.75) is 25.0 Å². The van der Waals surface area contributed by atoms with E-state index in [0.717, 1.165) is 0 Å². The molecule has 1 aliphatic carbocycles. The van der Waals surface area contributed by atoms with Crippen LogP contribution in [0.2, 0.25) is 0 Å². The molecule has 2 atom stereocenters. The summed E-state index contributed by atoms with van der Waals surface area (Å²) < 4.78 is 11.1. The minimum Gasteiger partial charge on any atom is -0.461 e. The van der Waals surface area contributed by atoms with Crippen LogP contribution < -0.4 is 0 Å². The smallest absolute Gasteiger partial charge is 0.379 e. The highest BCUT2D eigenvalue weighted by Crippen LogP contribution is 2.47. The van der Waals surface area contributed by atoms with Crippen molar-refractivity contribution in [3.8, 4) is 0 Å². The van der Waals surface area contributed by atoms with E-state index in [0.29, 0.717) is 10.0 Å². The maximum atomic E-state index is 13.3. The molecule has 2 aromatic rings. The van der Waals surface area contributed by atoms with Gasteiger partial charge in [-0.3, -0.25) is 9.59 Å². The van der Waals surface area contributed by atoms with Crippen molar-refractivity contribution >= 4 is 33.5 Å². The van der Waals surface area contributed by atoms with E-state index in [1.54, 1.807) is 43.3 Å². The third-order valence-electron chi connectivity index (χ3n) is 5.09. The topological polar surface area (TPSA) is 89.9 Å². The van der Waals surface area contributed by atoms with Crippen LogP contribution in [-0.2, 0) is 14.3 Å². The number of ketones is 2. The average molecular weight is 457 g/mol. The van der Waals surface area contributed by atoms with Crippen LogP contribution >= 0.6 is 15.9 Å². The highest BCUT2D eigenvalue weighted by Gasteiger charge is 2.53. The standard InChI is InChI=1S/C22H17BrO6/c1-2-28-21(26)22(27)11-15(12-7-5-6-10-16(12)23)17-18(24)13-8-3-4-9-14(13)19(25)20(17)29-22/h3-10,15,27H,2,11H2,1H3/t15-,22+/m1/s1. The Bertz CT molecular complexity index is 1070. The predicted molar refractivity (Wildman–Crippen MR) is 106 cm³/mol. The lowest BCUT2D eigenvalue weighted by atomic mass is 9.75. The summed E-state index contributed by atoms with van der Waals surface area (Å²) in [5, 5.41) is 11.0. The second kappa shape index (κ2) is 7.24. The van der Waals surface area contributed by atoms with Crippen LogP contribution in [0, 0.1) is 0 Å². The number of allylic oxidation sites excluding steroid dienone is 2. The molecule has 6 nitrogen and oxygen atoms in total. The third-order valence-corrected chi connectivity index (χ3v) is 5.81. The summed E-state index contributed by atoms with van der Waals surface area (Å²) in [6.07, 6.45) is -0.255. The molecule has 1 aliphatic heterocycles. The summed E-state index contributed by atoms with van der Waals surface area (Å²) in [4.78, 5) is 38.9. The van der Waals surface area contributed by atoms with Gasteiger partial charge in [0, 0.05) is 27.9 Å². The lowest BCUT2D eigenvalue weighted by Crippen LogP contribution is -2.49. The van der Waals surface area contributed by atoms with Crippen LogP contribution in [0.4, 0.5) is 0 Å². The largest absolute Gasteiger partial charge is 0.461 e. The molecular formula is C22H17BrO6. The predicted octanol–water partition coefficient (Wildman–Crippen LogP) is 3.54. The number of fused-ring (bicyclic) bond motifs is 1. The Balaban J connectivity index is 1.93. The second-order valence-electron chi connectivity index (χ2n) is 6.83. The van der Waals surface area contributed by atoms with Gasteiger partial charge in [0.1, 0.15) is 0 Å². The first-order valence-electron chi connectivity index (χ1n) is 9.13. The van der Waals surface area contributed by atoms with Crippen molar-refractivity contribution in [1.82, 2.24) is 0 Å². The number of carbonyl (C=O) groups is 3. The fraction of sp³-hybridized carbons (Fsp3) is 0.227. The van der Waals surface area contributed by atoms with E-state index in [2.05, 4.69) is 15.9 Å². The first-order chi connectivity index (χ1) is 13.9. The van der Waals surface area contributed by atoms with Crippen LogP contribution in [-0.4, -0.2) is 35.0 Å². The van der Waals surface area contributed by atoms with Gasteiger partial charge in [-0.05, 0) is 18.6 Å². The number of hydrogen-bond acceptors (Lipinski definition) is 6. The van der Waals surface area contributed by atoms with E-state index in [1.165, 1.54) is 6.07 Å². The molecule has 2 aliphatic rings. The summed E-state index contributed by atoms with van der Waals surface area (Å²) in [7, 11) is 0. The van der Waals surface area contributed by atoms with E-state index >= 15 is 0 Å². The number of halogens is 1. The molecule has 2 aromatic carbocycles. The van der Waals surface area contributed by atoms with Gasteiger partial charge < -0.3 is 14.6 Å². The van der Waals surface area contributed by atoms with E-state index in [-0.39, 0.29) is 41.3 Å². The Kier molecular flexibility index (Phi) is 4.88. The van der Waals surface area contributed by atoms with Crippen LogP contribution in [0.1, 0.15) is 45.5 Å². The summed E-state index contributed by atoms with van der Waals surface area (Å²) in [5.74, 6) is -5.33. The summed E-state index contributed by atoms with van der Waals surface area (Å²) in [6, 6.07) is 13.6. The van der Waals surface area contributed by atoms with Gasteiger partial charge in [-0.1, -0.05) is 58.4 Å². The quantitative estimate of drug-likeness (QED) is 0.710. The molecule has 7 heteroatoms. The lowest BCUT2D eigenvalue weighted by molar-refractivity contribution is -0.220. The van der Waals surface area contributed by atoms with Crippen molar-refractivity contribution in [3.05, 3.63) is 81.0 Å². The zero-order valence-corrected chi connectivity index (χ0v) is 17.1. The molecule has 0 bridgehead atoms. The molecule has 0 fully saturated rings. The molecule has 4 rings (SSSR count). The Hall–Kier alpha value is -2.77. The van der Waals surface area contributed by atoms with E-state index in [9.17, 15) is 19.5 Å². The van der Waals surface area contributed by atoms with Gasteiger partial charge in [0.2, 0.25) is 5.78 Å². The Morgan fingerprint density at radius 1 is 1.14 bits per heavy atom. The Morgan fingerprint density at radius 2 is 1.76 bits per heavy atom. The highest BCUT2D eigenvalue weighted by atomic mass is 79.9. The fourth-order valence-corrected chi connectivity index (χ4v) is 4.33. The molecule has 29 heavy (non-hydrogen) atoms. The zero-order chi connectivity index (χ0) is 20.8. The lowest BCUT2D eigenvalue weighted by Gasteiger charge is -2.39. The van der Waals surface area contributed by atoms with E-state index in [1.807, 2.05) is 6.07 Å². The molecule has 0 saturated heterocycles. The van der Waals surface area contributed by atoms with Gasteiger partial charge in [0.25, 0.3) is 0 Å². The molecule has 0 aromatic heterocycles. The number of Topliss-reactive ketones (excluding diaryl/α,β-unsaturated/α-hetero) is 2. The van der Waals surface area contributed by atoms with E-state index < -0.39 is 23.5 Å². The maximum absolute atomic E-state index is 13.3. The minimum absolute atomic E-state index is 0.0335. The number of benzene rings is 2. The van der Waals surface area contributed by atoms with Gasteiger partial charge in [-0.25, -0.2) is 4.79 Å². The molecule has 0 unspecified atom stereocenters. The number of hydrogen-bond donors (Lipinski definition) is 1. The van der Waals surface area contributed by atoms with Crippen molar-refractivity contribution in [1.29, 1.82) is 0 Å². The number of aliphatic hydroxyl groups is 1. The number of ether oxygens (including phenoxy) is 2. The summed E-state index contributed by atoms with van der Waals surface area (Å²) >= 11 is 3.46. The number of carbonyl (C=O) groups excluding carboxylic acids is 3. The number of rotatable bonds is 3. The first-order valence-corrected chi connectivity index (χ1v) is 9.92. The van der Waals surface area contributed by atoms with Crippen molar-refractivity contribution in [2.75, 3.05) is 6.61 Å². The summed E-state index contributed by atoms with van der Waals surface area (Å²) in [6.45, 7) is 1.64. The van der Waals surface area contributed by atoms with Gasteiger partial charge in [0.15, 0.2) is 11.5 Å². The van der Waals surface area contributed by atoms with Crippen molar-refractivity contribution < 1.29 is 29.0 Å². The first kappa shape index (κ1) is 19.5. The monoisotopic (exact) mass is 456 g/mol. The molecule has 148 valence electrons. The van der Waals surface area contributed by atoms with Gasteiger partial charge in [0.05, 0.1) is 12.2 Å². The van der Waals surface area contributed by atoms with Crippen LogP contribution in [0.25, 0.3) is 0 Å². The highest BCUT2D eigenvalue weighted by molar-refractivity contribution is 9.10.